The maximum Gasteiger partial charge on any atom is 0.358 e. The van der Waals surface area contributed by atoms with E-state index in [4.69, 9.17) is 5.11 Å². The summed E-state index contributed by atoms with van der Waals surface area (Å²) in [5.41, 5.74) is 0.423. The quantitative estimate of drug-likeness (QED) is 0.891. The summed E-state index contributed by atoms with van der Waals surface area (Å²) in [4.78, 5) is 11.8. The first-order valence-electron chi connectivity index (χ1n) is 5.39. The lowest BCUT2D eigenvalue weighted by Gasteiger charge is -2.01. The van der Waals surface area contributed by atoms with Crippen LogP contribution in [0.5, 0.6) is 0 Å². The molecule has 0 radical (unpaired) electrons. The number of anilines is 1. The minimum absolute atomic E-state index is 0. The normalized spacial score (nSPS) is 10.0. The molecule has 8 heteroatoms. The van der Waals surface area contributed by atoms with Gasteiger partial charge in [0.2, 0.25) is 0 Å². The third-order valence-corrected chi connectivity index (χ3v) is 3.24. The summed E-state index contributed by atoms with van der Waals surface area (Å²) in [7, 11) is 0. The number of hydrogen-bond acceptors (Lipinski definition) is 4. The Kier molecular flexibility index (Phi) is 5.31. The Bertz CT molecular complexity index is 570. The fourth-order valence-electron chi connectivity index (χ4n) is 1.50. The van der Waals surface area contributed by atoms with Crippen molar-refractivity contribution in [1.82, 2.24) is 9.78 Å². The first kappa shape index (κ1) is 15.5. The van der Waals surface area contributed by atoms with Crippen LogP contribution in [0.3, 0.4) is 0 Å². The van der Waals surface area contributed by atoms with E-state index in [-0.39, 0.29) is 23.2 Å². The Balaban J connectivity index is 0.00000180. The molecule has 0 atom stereocenters. The average Bonchev–Trinajstić information content (AvgIpc) is 2.92. The number of carboxylic acid groups (broad SMARTS) is 1. The number of carbonyl (C=O) groups is 1. The summed E-state index contributed by atoms with van der Waals surface area (Å²) in [6.45, 7) is 2.84. The van der Waals surface area contributed by atoms with E-state index in [1.54, 1.807) is 16.9 Å². The van der Waals surface area contributed by atoms with E-state index in [9.17, 15) is 9.18 Å². The molecule has 19 heavy (non-hydrogen) atoms. The summed E-state index contributed by atoms with van der Waals surface area (Å²) in [6.07, 6.45) is 1.63. The SMILES string of the molecule is CCn1cc(NCc2ccc(F)s2)c(C(=O)O)n1.Cl. The standard InChI is InChI=1S/C11H12FN3O2S.ClH/c1-2-15-6-8(10(14-15)11(16)17)13-5-7-3-4-9(12)18-7;/h3-4,6,13H,2,5H2,1H3,(H,16,17);1H. The zero-order chi connectivity index (χ0) is 13.1. The molecular formula is C11H13ClFN3O2S. The molecule has 0 amide bonds. The highest BCUT2D eigenvalue weighted by atomic mass is 35.5. The van der Waals surface area contributed by atoms with Gasteiger partial charge in [-0.2, -0.15) is 9.49 Å². The molecule has 0 saturated carbocycles. The summed E-state index contributed by atoms with van der Waals surface area (Å²) in [6, 6.07) is 3.05. The van der Waals surface area contributed by atoms with Gasteiger partial charge in [-0.05, 0) is 19.1 Å². The summed E-state index contributed by atoms with van der Waals surface area (Å²) in [5.74, 6) is -1.08. The van der Waals surface area contributed by atoms with E-state index in [2.05, 4.69) is 10.4 Å². The molecular weight excluding hydrogens is 293 g/mol. The molecule has 0 aromatic carbocycles. The molecule has 2 N–H and O–H groups in total. The maximum absolute atomic E-state index is 12.8. The predicted octanol–water partition coefficient (Wildman–Crippen LogP) is 2.84. The molecule has 2 aromatic rings. The second kappa shape index (κ2) is 6.53. The van der Waals surface area contributed by atoms with Gasteiger partial charge in [0, 0.05) is 24.2 Å². The van der Waals surface area contributed by atoms with Crippen molar-refractivity contribution < 1.29 is 14.3 Å². The molecule has 5 nitrogen and oxygen atoms in total. The first-order valence-corrected chi connectivity index (χ1v) is 6.20. The third kappa shape index (κ3) is 3.68. The van der Waals surface area contributed by atoms with Gasteiger partial charge in [0.1, 0.15) is 0 Å². The van der Waals surface area contributed by atoms with Crippen LogP contribution < -0.4 is 5.32 Å². The van der Waals surface area contributed by atoms with Crippen molar-refractivity contribution in [2.75, 3.05) is 5.32 Å². The molecule has 0 bridgehead atoms. The van der Waals surface area contributed by atoms with Gasteiger partial charge in [0.25, 0.3) is 0 Å². The van der Waals surface area contributed by atoms with Gasteiger partial charge < -0.3 is 10.4 Å². The zero-order valence-electron chi connectivity index (χ0n) is 10.1. The van der Waals surface area contributed by atoms with E-state index in [1.807, 2.05) is 6.92 Å². The predicted molar refractivity (Wildman–Crippen MR) is 73.7 cm³/mol. The fraction of sp³-hybridized carbons (Fsp3) is 0.273. The number of aromatic carboxylic acids is 1. The van der Waals surface area contributed by atoms with Crippen molar-refractivity contribution in [1.29, 1.82) is 0 Å². The van der Waals surface area contributed by atoms with Crippen molar-refractivity contribution in [2.24, 2.45) is 0 Å². The molecule has 0 fully saturated rings. The van der Waals surface area contributed by atoms with Crippen LogP contribution in [0.4, 0.5) is 10.1 Å². The number of rotatable bonds is 5. The minimum atomic E-state index is -1.08. The largest absolute Gasteiger partial charge is 0.476 e. The first-order chi connectivity index (χ1) is 8.60. The number of aromatic nitrogens is 2. The topological polar surface area (TPSA) is 67.2 Å². The van der Waals surface area contributed by atoms with Crippen LogP contribution in [0.15, 0.2) is 18.3 Å². The fourth-order valence-corrected chi connectivity index (χ4v) is 2.17. The number of carboxylic acids is 1. The van der Waals surface area contributed by atoms with Gasteiger partial charge in [-0.1, -0.05) is 0 Å². The summed E-state index contributed by atoms with van der Waals surface area (Å²) >= 11 is 1.03. The van der Waals surface area contributed by atoms with Crippen LogP contribution >= 0.6 is 23.7 Å². The molecule has 104 valence electrons. The highest BCUT2D eigenvalue weighted by Gasteiger charge is 2.15. The summed E-state index contributed by atoms with van der Waals surface area (Å²) < 4.78 is 14.3. The Labute approximate surface area is 119 Å². The van der Waals surface area contributed by atoms with Crippen molar-refractivity contribution in [2.45, 2.75) is 20.0 Å². The highest BCUT2D eigenvalue weighted by molar-refractivity contribution is 7.10. The monoisotopic (exact) mass is 305 g/mol. The number of thiophene rings is 1. The minimum Gasteiger partial charge on any atom is -0.476 e. The average molecular weight is 306 g/mol. The van der Waals surface area contributed by atoms with Gasteiger partial charge in [-0.3, -0.25) is 4.68 Å². The lowest BCUT2D eigenvalue weighted by atomic mass is 10.3. The number of nitrogens with one attached hydrogen (secondary N) is 1. The zero-order valence-corrected chi connectivity index (χ0v) is 11.7. The number of hydrogen-bond donors (Lipinski definition) is 2. The van der Waals surface area contributed by atoms with Gasteiger partial charge in [0.05, 0.1) is 5.69 Å². The molecule has 2 aromatic heterocycles. The summed E-state index contributed by atoms with van der Waals surface area (Å²) in [5, 5.41) is 15.6. The Morgan fingerprint density at radius 3 is 2.84 bits per heavy atom. The van der Waals surface area contributed by atoms with Crippen LogP contribution in [0.1, 0.15) is 22.3 Å². The van der Waals surface area contributed by atoms with Crippen molar-refractivity contribution in [3.8, 4) is 0 Å². The Hall–Kier alpha value is -1.60. The Morgan fingerprint density at radius 1 is 1.58 bits per heavy atom. The van der Waals surface area contributed by atoms with E-state index >= 15 is 0 Å². The van der Waals surface area contributed by atoms with E-state index < -0.39 is 5.97 Å². The molecule has 0 aliphatic rings. The number of halogens is 2. The van der Waals surface area contributed by atoms with Crippen LogP contribution in [0.2, 0.25) is 0 Å². The van der Waals surface area contributed by atoms with Crippen molar-refractivity contribution >= 4 is 35.4 Å². The van der Waals surface area contributed by atoms with Crippen molar-refractivity contribution in [3.63, 3.8) is 0 Å². The lowest BCUT2D eigenvalue weighted by Crippen LogP contribution is -2.05. The molecule has 0 aliphatic heterocycles. The van der Waals surface area contributed by atoms with Crippen LogP contribution in [0, 0.1) is 5.13 Å². The molecule has 2 heterocycles. The van der Waals surface area contributed by atoms with E-state index in [0.29, 0.717) is 18.8 Å². The van der Waals surface area contributed by atoms with Crippen LogP contribution in [-0.2, 0) is 13.1 Å². The van der Waals surface area contributed by atoms with Crippen molar-refractivity contribution in [3.05, 3.63) is 34.0 Å². The van der Waals surface area contributed by atoms with Gasteiger partial charge in [-0.25, -0.2) is 4.79 Å². The second-order valence-corrected chi connectivity index (χ2v) is 4.73. The molecule has 0 aliphatic carbocycles. The van der Waals surface area contributed by atoms with Crippen LogP contribution in [0.25, 0.3) is 0 Å². The lowest BCUT2D eigenvalue weighted by molar-refractivity contribution is 0.0690. The molecule has 0 unspecified atom stereocenters. The highest BCUT2D eigenvalue weighted by Crippen LogP contribution is 2.18. The molecule has 0 saturated heterocycles. The number of nitrogens with zero attached hydrogens (tertiary/aromatic N) is 2. The third-order valence-electron chi connectivity index (χ3n) is 2.37. The van der Waals surface area contributed by atoms with E-state index in [0.717, 1.165) is 16.2 Å². The van der Waals surface area contributed by atoms with E-state index in [1.165, 1.54) is 6.07 Å². The molecule has 0 spiro atoms. The molecule has 2 rings (SSSR count). The smallest absolute Gasteiger partial charge is 0.358 e. The van der Waals surface area contributed by atoms with Crippen LogP contribution in [-0.4, -0.2) is 20.9 Å². The van der Waals surface area contributed by atoms with Gasteiger partial charge >= 0.3 is 5.97 Å². The maximum atomic E-state index is 12.8. The van der Waals surface area contributed by atoms with Gasteiger partial charge in [0.15, 0.2) is 10.8 Å². The number of aryl methyl sites for hydroxylation is 1. The van der Waals surface area contributed by atoms with Gasteiger partial charge in [-0.15, -0.1) is 23.7 Å². The second-order valence-electron chi connectivity index (χ2n) is 3.61. The Morgan fingerprint density at radius 2 is 2.32 bits per heavy atom.